The molecule has 0 spiro atoms. The van der Waals surface area contributed by atoms with Crippen LogP contribution >= 0.6 is 21.6 Å². The van der Waals surface area contributed by atoms with E-state index in [-0.39, 0.29) is 0 Å². The molecule has 1 aromatic carbocycles. The topological polar surface area (TPSA) is 31.8 Å². The summed E-state index contributed by atoms with van der Waals surface area (Å²) in [5.41, 5.74) is 7.49. The molecule has 1 aliphatic rings. The predicted molar refractivity (Wildman–Crippen MR) is 171 cm³/mol. The summed E-state index contributed by atoms with van der Waals surface area (Å²) in [6, 6.07) is 21.1. The van der Waals surface area contributed by atoms with Gasteiger partial charge in [0.25, 0.3) is 0 Å². The van der Waals surface area contributed by atoms with Crippen LogP contribution in [0.25, 0.3) is 18.2 Å². The molecule has 0 aliphatic heterocycles. The van der Waals surface area contributed by atoms with E-state index in [1.807, 2.05) is 27.7 Å². The Morgan fingerprint density at radius 2 is 1.36 bits per heavy atom. The predicted octanol–water partition coefficient (Wildman–Crippen LogP) is 6.45. The molecular weight excluding hydrogens is 517 g/mol. The molecule has 6 heteroatoms. The molecule has 0 fully saturated rings. The fraction of sp³-hybridized carbons (Fsp3) is 0.273. The third kappa shape index (κ3) is 9.48. The number of nitrogens with zero attached hydrogens (tertiary/aromatic N) is 2. The third-order valence-corrected chi connectivity index (χ3v) is 9.11. The zero-order valence-electron chi connectivity index (χ0n) is 23.2. The summed E-state index contributed by atoms with van der Waals surface area (Å²) in [6.45, 7) is 4.27. The van der Waals surface area contributed by atoms with E-state index < -0.39 is 0 Å². The highest BCUT2D eigenvalue weighted by molar-refractivity contribution is 8.76. The first-order valence-corrected chi connectivity index (χ1v) is 16.1. The summed E-state index contributed by atoms with van der Waals surface area (Å²) in [6.07, 6.45) is 18.5. The van der Waals surface area contributed by atoms with Crippen LogP contribution in [0.4, 0.5) is 5.69 Å². The van der Waals surface area contributed by atoms with Gasteiger partial charge in [0.05, 0.1) is 0 Å². The van der Waals surface area contributed by atoms with E-state index in [1.54, 1.807) is 0 Å². The second-order valence-corrected chi connectivity index (χ2v) is 12.4. The van der Waals surface area contributed by atoms with E-state index in [0.29, 0.717) is 5.92 Å². The van der Waals surface area contributed by atoms with E-state index in [1.165, 1.54) is 33.9 Å². The number of nitrogens with one attached hydrogen (secondary N) is 2. The van der Waals surface area contributed by atoms with E-state index in [0.717, 1.165) is 31.0 Å². The zero-order chi connectivity index (χ0) is 27.3. The molecule has 0 bridgehead atoms. The van der Waals surface area contributed by atoms with Crippen molar-refractivity contribution >= 4 is 45.5 Å². The number of aryl methyl sites for hydroxylation is 2. The molecule has 2 heterocycles. The third-order valence-electron chi connectivity index (χ3n) is 6.70. The highest BCUT2D eigenvalue weighted by Gasteiger charge is 2.13. The Morgan fingerprint density at radius 1 is 0.744 bits per heavy atom. The molecule has 2 aromatic heterocycles. The van der Waals surface area contributed by atoms with Crippen LogP contribution in [0.5, 0.6) is 0 Å². The molecule has 0 radical (unpaired) electrons. The molecule has 0 amide bonds. The van der Waals surface area contributed by atoms with Gasteiger partial charge in [0.1, 0.15) is 14.1 Å². The summed E-state index contributed by atoms with van der Waals surface area (Å²) in [5.74, 6) is 2.69. The average Bonchev–Trinajstić information content (AvgIpc) is 2.95. The van der Waals surface area contributed by atoms with Gasteiger partial charge in [0.2, 0.25) is 11.4 Å². The van der Waals surface area contributed by atoms with Crippen LogP contribution in [0, 0.1) is 5.92 Å². The molecule has 2 N–H and O–H groups in total. The lowest BCUT2D eigenvalue weighted by atomic mass is 9.91. The number of allylic oxidation sites excluding steroid dienone is 5. The van der Waals surface area contributed by atoms with Gasteiger partial charge in [-0.3, -0.25) is 0 Å². The first-order chi connectivity index (χ1) is 19.1. The minimum absolute atomic E-state index is 0.521. The SMILES string of the molecule is CC1CC(NCCSSCCNc2ccc(/C=C/c3cccc[n+]3C)cc2)=CC=C1/C=C/c1cccc[n+]1C. The maximum atomic E-state index is 3.63. The van der Waals surface area contributed by atoms with Crippen LogP contribution in [0.3, 0.4) is 0 Å². The highest BCUT2D eigenvalue weighted by Crippen LogP contribution is 2.25. The Balaban J connectivity index is 1.08. The van der Waals surface area contributed by atoms with Gasteiger partial charge in [0.15, 0.2) is 12.4 Å². The molecule has 4 rings (SSSR count). The second kappa shape index (κ2) is 15.4. The maximum absolute atomic E-state index is 3.63. The fourth-order valence-corrected chi connectivity index (χ4v) is 6.14. The Hall–Kier alpha value is -3.22. The van der Waals surface area contributed by atoms with Crippen LogP contribution in [-0.2, 0) is 14.1 Å². The number of benzene rings is 1. The molecule has 39 heavy (non-hydrogen) atoms. The summed E-state index contributed by atoms with van der Waals surface area (Å²) in [5, 5.41) is 7.16. The lowest BCUT2D eigenvalue weighted by Crippen LogP contribution is -2.30. The van der Waals surface area contributed by atoms with Crippen LogP contribution in [0.15, 0.2) is 103 Å². The smallest absolute Gasteiger partial charge is 0.204 e. The Kier molecular flexibility index (Phi) is 11.4. The molecule has 3 aromatic rings. The van der Waals surface area contributed by atoms with Gasteiger partial charge >= 0.3 is 0 Å². The summed E-state index contributed by atoms with van der Waals surface area (Å²) >= 11 is 0. The maximum Gasteiger partial charge on any atom is 0.204 e. The molecular formula is C33H40N4S2+2. The van der Waals surface area contributed by atoms with Crippen molar-refractivity contribution in [1.29, 1.82) is 0 Å². The van der Waals surface area contributed by atoms with Crippen molar-refractivity contribution in [2.24, 2.45) is 20.0 Å². The van der Waals surface area contributed by atoms with Crippen molar-refractivity contribution in [3.8, 4) is 0 Å². The monoisotopic (exact) mass is 556 g/mol. The van der Waals surface area contributed by atoms with E-state index in [2.05, 4.69) is 144 Å². The molecule has 4 nitrogen and oxygen atoms in total. The van der Waals surface area contributed by atoms with E-state index >= 15 is 0 Å². The van der Waals surface area contributed by atoms with Crippen LogP contribution in [-0.4, -0.2) is 24.6 Å². The summed E-state index contributed by atoms with van der Waals surface area (Å²) < 4.78 is 4.26. The highest BCUT2D eigenvalue weighted by atomic mass is 33.1. The van der Waals surface area contributed by atoms with Gasteiger partial charge in [0, 0.05) is 72.4 Å². The number of pyridine rings is 2. The average molecular weight is 557 g/mol. The molecule has 202 valence electrons. The van der Waals surface area contributed by atoms with Crippen molar-refractivity contribution in [3.05, 3.63) is 120 Å². The number of hydrogen-bond donors (Lipinski definition) is 2. The first-order valence-electron chi connectivity index (χ1n) is 13.6. The minimum atomic E-state index is 0.521. The first kappa shape index (κ1) is 28.8. The summed E-state index contributed by atoms with van der Waals surface area (Å²) in [7, 11) is 8.02. The van der Waals surface area contributed by atoms with Crippen molar-refractivity contribution in [2.75, 3.05) is 29.9 Å². The van der Waals surface area contributed by atoms with E-state index in [9.17, 15) is 0 Å². The number of hydrogen-bond acceptors (Lipinski definition) is 4. The normalized spacial score (nSPS) is 15.4. The summed E-state index contributed by atoms with van der Waals surface area (Å²) in [4.78, 5) is 0. The number of anilines is 1. The molecule has 1 atom stereocenters. The van der Waals surface area contributed by atoms with Gasteiger partial charge in [-0.1, -0.05) is 52.8 Å². The van der Waals surface area contributed by atoms with Crippen LogP contribution in [0.1, 0.15) is 30.3 Å². The largest absolute Gasteiger partial charge is 0.387 e. The van der Waals surface area contributed by atoms with Gasteiger partial charge in [-0.25, -0.2) is 9.13 Å². The number of rotatable bonds is 13. The Labute approximate surface area is 242 Å². The van der Waals surface area contributed by atoms with Crippen LogP contribution in [0.2, 0.25) is 0 Å². The molecule has 0 saturated carbocycles. The lowest BCUT2D eigenvalue weighted by molar-refractivity contribution is -0.673. The van der Waals surface area contributed by atoms with Crippen molar-refractivity contribution in [3.63, 3.8) is 0 Å². The molecule has 0 saturated heterocycles. The van der Waals surface area contributed by atoms with Crippen molar-refractivity contribution in [1.82, 2.24) is 5.32 Å². The Bertz CT molecular complexity index is 1330. The fourth-order valence-electron chi connectivity index (χ4n) is 4.33. The van der Waals surface area contributed by atoms with Gasteiger partial charge in [-0.05, 0) is 59.9 Å². The molecule has 1 unspecified atom stereocenters. The van der Waals surface area contributed by atoms with Gasteiger partial charge in [-0.2, -0.15) is 0 Å². The van der Waals surface area contributed by atoms with Gasteiger partial charge in [-0.15, -0.1) is 0 Å². The van der Waals surface area contributed by atoms with Crippen molar-refractivity contribution < 1.29 is 9.13 Å². The minimum Gasteiger partial charge on any atom is -0.387 e. The second-order valence-electron chi connectivity index (χ2n) is 9.72. The standard InChI is InChI=1S/C33H38N4S2/c1-27-26-31(17-13-29(27)14-19-33-9-5-7-23-37(33)3)35-21-25-39-38-24-20-34-30-15-10-28(11-16-30)12-18-32-8-4-6-22-36(32)2/h4-19,22-23,27H,20-21,24-26H2,1-3H3/p+2. The quantitative estimate of drug-likeness (QED) is 0.144. The molecule has 1 aliphatic carbocycles. The van der Waals surface area contributed by atoms with E-state index in [4.69, 9.17) is 0 Å². The van der Waals surface area contributed by atoms with Gasteiger partial charge < -0.3 is 10.6 Å². The number of aromatic nitrogens is 2. The van der Waals surface area contributed by atoms with Crippen molar-refractivity contribution in [2.45, 2.75) is 13.3 Å². The van der Waals surface area contributed by atoms with Crippen LogP contribution < -0.4 is 19.8 Å². The zero-order valence-corrected chi connectivity index (χ0v) is 24.8. The Morgan fingerprint density at radius 3 is 1.97 bits per heavy atom. The lowest BCUT2D eigenvalue weighted by Gasteiger charge is -2.20.